The Morgan fingerprint density at radius 2 is 1.42 bits per heavy atom. The maximum Gasteiger partial charge on any atom is 0.136 e. The van der Waals surface area contributed by atoms with Crippen LogP contribution in [0.4, 0.5) is 0 Å². The van der Waals surface area contributed by atoms with Crippen LogP contribution in [0, 0.1) is 0 Å². The second kappa shape index (κ2) is 5.28. The Balaban J connectivity index is 2.59. The van der Waals surface area contributed by atoms with Crippen LogP contribution in [0.15, 0.2) is 24.3 Å². The van der Waals surface area contributed by atoms with Crippen LogP contribution < -0.4 is 0 Å². The fourth-order valence-electron chi connectivity index (χ4n) is 1.60. The maximum absolute atomic E-state index is 6.07. The highest BCUT2D eigenvalue weighted by Gasteiger charge is 2.19. The molecule has 0 aliphatic heterocycles. The van der Waals surface area contributed by atoms with E-state index in [0.717, 1.165) is 5.56 Å². The van der Waals surface area contributed by atoms with Crippen molar-refractivity contribution in [2.45, 2.75) is 26.2 Å². The van der Waals surface area contributed by atoms with E-state index in [1.165, 1.54) is 0 Å². The van der Waals surface area contributed by atoms with Gasteiger partial charge in [-0.15, -0.1) is 0 Å². The van der Waals surface area contributed by atoms with Crippen LogP contribution >= 0.6 is 34.8 Å². The van der Waals surface area contributed by atoms with Gasteiger partial charge in [0.05, 0.1) is 5.69 Å². The van der Waals surface area contributed by atoms with Crippen molar-refractivity contribution in [3.63, 3.8) is 0 Å². The second-order valence-electron chi connectivity index (χ2n) is 5.31. The Hall–Kier alpha value is -0.830. The summed E-state index contributed by atoms with van der Waals surface area (Å²) in [7, 11) is 0. The standard InChI is InChI=1S/C14H13Cl3N2/c1-14(2,3)13-18-11(7-12(17)19-13)8-4-9(15)6-10(16)5-8/h4-7H,1-3H3. The van der Waals surface area contributed by atoms with Crippen LogP contribution in [-0.2, 0) is 5.41 Å². The summed E-state index contributed by atoms with van der Waals surface area (Å²) >= 11 is 18.1. The largest absolute Gasteiger partial charge is 0.232 e. The van der Waals surface area contributed by atoms with Crippen molar-refractivity contribution in [3.8, 4) is 11.3 Å². The van der Waals surface area contributed by atoms with E-state index >= 15 is 0 Å². The Labute approximate surface area is 127 Å². The highest BCUT2D eigenvalue weighted by molar-refractivity contribution is 6.35. The summed E-state index contributed by atoms with van der Waals surface area (Å²) in [6.45, 7) is 6.11. The van der Waals surface area contributed by atoms with Crippen molar-refractivity contribution < 1.29 is 0 Å². The van der Waals surface area contributed by atoms with Crippen LogP contribution in [0.2, 0.25) is 15.2 Å². The molecule has 2 nitrogen and oxygen atoms in total. The van der Waals surface area contributed by atoms with Crippen LogP contribution in [0.1, 0.15) is 26.6 Å². The highest BCUT2D eigenvalue weighted by atomic mass is 35.5. The molecule has 0 unspecified atom stereocenters. The van der Waals surface area contributed by atoms with Gasteiger partial charge in [0.25, 0.3) is 0 Å². The molecule has 100 valence electrons. The van der Waals surface area contributed by atoms with Crippen LogP contribution in [0.5, 0.6) is 0 Å². The molecule has 0 saturated heterocycles. The normalized spacial score (nSPS) is 11.7. The zero-order chi connectivity index (χ0) is 14.2. The van der Waals surface area contributed by atoms with Crippen molar-refractivity contribution in [2.75, 3.05) is 0 Å². The lowest BCUT2D eigenvalue weighted by Gasteiger charge is -2.17. The van der Waals surface area contributed by atoms with E-state index in [1.807, 2.05) is 20.8 Å². The van der Waals surface area contributed by atoms with Crippen molar-refractivity contribution in [2.24, 2.45) is 0 Å². The molecule has 1 heterocycles. The molecule has 1 aromatic carbocycles. The topological polar surface area (TPSA) is 25.8 Å². The van der Waals surface area contributed by atoms with Crippen molar-refractivity contribution >= 4 is 34.8 Å². The molecule has 2 rings (SSSR count). The van der Waals surface area contributed by atoms with Crippen molar-refractivity contribution in [1.82, 2.24) is 9.97 Å². The zero-order valence-electron chi connectivity index (χ0n) is 10.8. The molecular formula is C14H13Cl3N2. The van der Waals surface area contributed by atoms with E-state index in [0.29, 0.717) is 26.7 Å². The zero-order valence-corrected chi connectivity index (χ0v) is 13.1. The summed E-state index contributed by atoms with van der Waals surface area (Å²) in [6.07, 6.45) is 0. The van der Waals surface area contributed by atoms with E-state index in [-0.39, 0.29) is 5.41 Å². The third kappa shape index (κ3) is 3.59. The third-order valence-electron chi connectivity index (χ3n) is 2.52. The molecular weight excluding hydrogens is 303 g/mol. The number of hydrogen-bond acceptors (Lipinski definition) is 2. The fourth-order valence-corrected chi connectivity index (χ4v) is 2.31. The first kappa shape index (κ1) is 14.6. The van der Waals surface area contributed by atoms with Gasteiger partial charge >= 0.3 is 0 Å². The molecule has 0 atom stereocenters. The first-order chi connectivity index (χ1) is 8.75. The monoisotopic (exact) mass is 314 g/mol. The van der Waals surface area contributed by atoms with Gasteiger partial charge in [0.2, 0.25) is 0 Å². The lowest BCUT2D eigenvalue weighted by atomic mass is 9.95. The minimum atomic E-state index is -0.179. The molecule has 0 spiro atoms. The SMILES string of the molecule is CC(C)(C)c1nc(Cl)cc(-c2cc(Cl)cc(Cl)c2)n1. The molecule has 0 radical (unpaired) electrons. The smallest absolute Gasteiger partial charge is 0.136 e. The van der Waals surface area contributed by atoms with Crippen LogP contribution in [0.25, 0.3) is 11.3 Å². The minimum Gasteiger partial charge on any atom is -0.232 e. The molecule has 0 bridgehead atoms. The Morgan fingerprint density at radius 3 is 1.95 bits per heavy atom. The lowest BCUT2D eigenvalue weighted by Crippen LogP contribution is -2.16. The molecule has 1 aromatic heterocycles. The Bertz CT molecular complexity index is 598. The minimum absolute atomic E-state index is 0.179. The van der Waals surface area contributed by atoms with Gasteiger partial charge in [-0.3, -0.25) is 0 Å². The quantitative estimate of drug-likeness (QED) is 0.658. The lowest BCUT2D eigenvalue weighted by molar-refractivity contribution is 0.546. The van der Waals surface area contributed by atoms with Gasteiger partial charge in [-0.2, -0.15) is 0 Å². The molecule has 0 N–H and O–H groups in total. The van der Waals surface area contributed by atoms with Gasteiger partial charge in [-0.25, -0.2) is 9.97 Å². The summed E-state index contributed by atoms with van der Waals surface area (Å²) in [5.74, 6) is 0.686. The van der Waals surface area contributed by atoms with Gasteiger partial charge in [-0.1, -0.05) is 55.6 Å². The molecule has 2 aromatic rings. The molecule has 0 saturated carbocycles. The van der Waals surface area contributed by atoms with E-state index < -0.39 is 0 Å². The third-order valence-corrected chi connectivity index (χ3v) is 3.15. The first-order valence-electron chi connectivity index (χ1n) is 5.77. The fraction of sp³-hybridized carbons (Fsp3) is 0.286. The number of halogens is 3. The van der Waals surface area contributed by atoms with Crippen LogP contribution in [-0.4, -0.2) is 9.97 Å². The van der Waals surface area contributed by atoms with E-state index in [2.05, 4.69) is 9.97 Å². The van der Waals surface area contributed by atoms with Crippen molar-refractivity contribution in [3.05, 3.63) is 45.3 Å². The van der Waals surface area contributed by atoms with Gasteiger partial charge in [0.15, 0.2) is 0 Å². The van der Waals surface area contributed by atoms with Gasteiger partial charge in [0, 0.05) is 27.1 Å². The average molecular weight is 316 g/mol. The predicted octanol–water partition coefficient (Wildman–Crippen LogP) is 5.40. The molecule has 0 aliphatic carbocycles. The number of nitrogens with zero attached hydrogens (tertiary/aromatic N) is 2. The van der Waals surface area contributed by atoms with Crippen LogP contribution in [0.3, 0.4) is 0 Å². The molecule has 0 aliphatic rings. The van der Waals surface area contributed by atoms with E-state index in [4.69, 9.17) is 34.8 Å². The summed E-state index contributed by atoms with van der Waals surface area (Å²) in [5, 5.41) is 1.54. The first-order valence-corrected chi connectivity index (χ1v) is 6.90. The molecule has 0 fully saturated rings. The van der Waals surface area contributed by atoms with E-state index in [1.54, 1.807) is 24.3 Å². The number of rotatable bonds is 1. The molecule has 19 heavy (non-hydrogen) atoms. The van der Waals surface area contributed by atoms with Gasteiger partial charge in [-0.05, 0) is 18.2 Å². The van der Waals surface area contributed by atoms with Gasteiger partial charge in [0.1, 0.15) is 11.0 Å². The summed E-state index contributed by atoms with van der Waals surface area (Å²) in [5.41, 5.74) is 1.36. The maximum atomic E-state index is 6.07. The molecule has 5 heteroatoms. The predicted molar refractivity (Wildman–Crippen MR) is 81.2 cm³/mol. The number of hydrogen-bond donors (Lipinski definition) is 0. The Kier molecular flexibility index (Phi) is 4.05. The summed E-state index contributed by atoms with van der Waals surface area (Å²) in [6, 6.07) is 7.00. The Morgan fingerprint density at radius 1 is 0.842 bits per heavy atom. The van der Waals surface area contributed by atoms with Crippen molar-refractivity contribution in [1.29, 1.82) is 0 Å². The van der Waals surface area contributed by atoms with E-state index in [9.17, 15) is 0 Å². The highest BCUT2D eigenvalue weighted by Crippen LogP contribution is 2.29. The summed E-state index contributed by atoms with van der Waals surface area (Å²) < 4.78 is 0. The second-order valence-corrected chi connectivity index (χ2v) is 6.57. The van der Waals surface area contributed by atoms with Gasteiger partial charge < -0.3 is 0 Å². The number of aromatic nitrogens is 2. The average Bonchev–Trinajstić information content (AvgIpc) is 2.25. The summed E-state index contributed by atoms with van der Waals surface area (Å²) in [4.78, 5) is 8.81. The number of benzene rings is 1. The molecule has 0 amide bonds.